The van der Waals surface area contributed by atoms with E-state index in [-0.39, 0.29) is 5.91 Å². The molecule has 0 saturated heterocycles. The van der Waals surface area contributed by atoms with E-state index in [0.29, 0.717) is 28.7 Å². The number of hydrogen-bond acceptors (Lipinski definition) is 3. The lowest BCUT2D eigenvalue weighted by Crippen LogP contribution is -2.44. The number of likely N-dealkylation sites (N-methyl/N-ethyl adjacent to an activating group) is 1. The number of amides is 1. The molecule has 20 heavy (non-hydrogen) atoms. The number of rotatable bonds is 8. The van der Waals surface area contributed by atoms with Crippen molar-refractivity contribution in [1.82, 2.24) is 10.2 Å². The second-order valence-corrected chi connectivity index (χ2v) is 6.14. The molecule has 1 unspecified atom stereocenters. The van der Waals surface area contributed by atoms with Crippen molar-refractivity contribution in [2.24, 2.45) is 5.92 Å². The summed E-state index contributed by atoms with van der Waals surface area (Å²) in [4.78, 5) is 14.4. The number of carbonyl (C=O) groups excluding carboxylic acids is 1. The van der Waals surface area contributed by atoms with E-state index in [9.17, 15) is 4.79 Å². The van der Waals surface area contributed by atoms with Crippen molar-refractivity contribution in [2.75, 3.05) is 19.6 Å². The summed E-state index contributed by atoms with van der Waals surface area (Å²) in [5, 5.41) is 3.01. The minimum Gasteiger partial charge on any atom is -0.457 e. The Balaban J connectivity index is 2.59. The molecule has 0 aliphatic heterocycles. The molecule has 0 aliphatic rings. The topological polar surface area (TPSA) is 45.5 Å². The molecule has 0 radical (unpaired) electrons. The van der Waals surface area contributed by atoms with Gasteiger partial charge in [-0.2, -0.15) is 0 Å². The van der Waals surface area contributed by atoms with Crippen LogP contribution in [0, 0.1) is 5.92 Å². The van der Waals surface area contributed by atoms with E-state index in [1.54, 1.807) is 6.07 Å². The molecule has 114 valence electrons. The first-order valence-electron chi connectivity index (χ1n) is 7.24. The molecule has 4 nitrogen and oxygen atoms in total. The Kier molecular flexibility index (Phi) is 7.30. The van der Waals surface area contributed by atoms with Gasteiger partial charge in [-0.25, -0.2) is 0 Å². The maximum atomic E-state index is 12.0. The molecule has 0 spiro atoms. The Morgan fingerprint density at radius 1 is 1.40 bits per heavy atom. The first-order chi connectivity index (χ1) is 9.47. The number of nitrogens with one attached hydrogen (secondary N) is 1. The summed E-state index contributed by atoms with van der Waals surface area (Å²) in [6.07, 6.45) is 2.55. The van der Waals surface area contributed by atoms with E-state index in [1.807, 2.05) is 0 Å². The van der Waals surface area contributed by atoms with Crippen LogP contribution in [0.1, 0.15) is 44.5 Å². The molecular weight excluding hydrogens is 320 g/mol. The quantitative estimate of drug-likeness (QED) is 0.784. The van der Waals surface area contributed by atoms with Crippen LogP contribution in [0.3, 0.4) is 0 Å². The van der Waals surface area contributed by atoms with Crippen molar-refractivity contribution in [3.63, 3.8) is 0 Å². The van der Waals surface area contributed by atoms with Crippen LogP contribution < -0.4 is 5.32 Å². The van der Waals surface area contributed by atoms with Gasteiger partial charge < -0.3 is 9.73 Å². The van der Waals surface area contributed by atoms with E-state index in [1.165, 1.54) is 6.26 Å². The molecular formula is C15H25BrN2O2. The SMILES string of the molecule is CCN(CC)C(CNC(=O)c1coc(Br)c1)CC(C)C. The normalized spacial score (nSPS) is 12.9. The average Bonchev–Trinajstić information content (AvgIpc) is 2.83. The van der Waals surface area contributed by atoms with Gasteiger partial charge in [0, 0.05) is 18.7 Å². The zero-order chi connectivity index (χ0) is 15.1. The van der Waals surface area contributed by atoms with Gasteiger partial charge in [0.2, 0.25) is 0 Å². The molecule has 1 heterocycles. The standard InChI is InChI=1S/C15H25BrN2O2/c1-5-18(6-2)13(7-11(3)4)9-17-15(19)12-8-14(16)20-10-12/h8,10-11,13H,5-7,9H2,1-4H3,(H,17,19). The lowest BCUT2D eigenvalue weighted by Gasteiger charge is -2.31. The van der Waals surface area contributed by atoms with E-state index in [2.05, 4.69) is 53.8 Å². The van der Waals surface area contributed by atoms with Crippen molar-refractivity contribution >= 4 is 21.8 Å². The van der Waals surface area contributed by atoms with Crippen LogP contribution in [-0.2, 0) is 0 Å². The van der Waals surface area contributed by atoms with Gasteiger partial charge in [-0.1, -0.05) is 27.7 Å². The van der Waals surface area contributed by atoms with Gasteiger partial charge in [0.25, 0.3) is 5.91 Å². The highest BCUT2D eigenvalue weighted by Crippen LogP contribution is 2.14. The van der Waals surface area contributed by atoms with E-state index in [4.69, 9.17) is 4.42 Å². The maximum Gasteiger partial charge on any atom is 0.254 e. The number of carbonyl (C=O) groups is 1. The van der Waals surface area contributed by atoms with Crippen molar-refractivity contribution in [2.45, 2.75) is 40.2 Å². The van der Waals surface area contributed by atoms with Crippen molar-refractivity contribution in [3.8, 4) is 0 Å². The fraction of sp³-hybridized carbons (Fsp3) is 0.667. The zero-order valence-electron chi connectivity index (χ0n) is 12.8. The summed E-state index contributed by atoms with van der Waals surface area (Å²) in [7, 11) is 0. The van der Waals surface area contributed by atoms with Gasteiger partial charge in [0.15, 0.2) is 4.67 Å². The van der Waals surface area contributed by atoms with Crippen LogP contribution in [0.5, 0.6) is 0 Å². The van der Waals surface area contributed by atoms with Crippen LogP contribution >= 0.6 is 15.9 Å². The lowest BCUT2D eigenvalue weighted by molar-refractivity contribution is 0.0928. The molecule has 1 N–H and O–H groups in total. The summed E-state index contributed by atoms with van der Waals surface area (Å²) >= 11 is 3.20. The predicted octanol–water partition coefficient (Wildman–Crippen LogP) is 3.53. The third-order valence-corrected chi connectivity index (χ3v) is 3.82. The van der Waals surface area contributed by atoms with Gasteiger partial charge in [0.05, 0.1) is 5.56 Å². The van der Waals surface area contributed by atoms with E-state index < -0.39 is 0 Å². The van der Waals surface area contributed by atoms with Crippen LogP contribution in [0.2, 0.25) is 0 Å². The first-order valence-corrected chi connectivity index (χ1v) is 8.03. The predicted molar refractivity (Wildman–Crippen MR) is 84.9 cm³/mol. The maximum absolute atomic E-state index is 12.0. The summed E-state index contributed by atoms with van der Waals surface area (Å²) < 4.78 is 5.67. The molecule has 0 saturated carbocycles. The molecule has 0 fully saturated rings. The van der Waals surface area contributed by atoms with Gasteiger partial charge in [0.1, 0.15) is 6.26 Å². The molecule has 0 aromatic carbocycles. The summed E-state index contributed by atoms with van der Waals surface area (Å²) in [5.41, 5.74) is 0.555. The molecule has 1 amide bonds. The Labute approximate surface area is 130 Å². The van der Waals surface area contributed by atoms with Gasteiger partial charge >= 0.3 is 0 Å². The molecule has 5 heteroatoms. The summed E-state index contributed by atoms with van der Waals surface area (Å²) in [6.45, 7) is 11.4. The van der Waals surface area contributed by atoms with Crippen molar-refractivity contribution in [1.29, 1.82) is 0 Å². The molecule has 1 aromatic heterocycles. The van der Waals surface area contributed by atoms with Crippen LogP contribution in [-0.4, -0.2) is 36.5 Å². The minimum atomic E-state index is -0.0830. The smallest absolute Gasteiger partial charge is 0.254 e. The largest absolute Gasteiger partial charge is 0.457 e. The van der Waals surface area contributed by atoms with Crippen LogP contribution in [0.25, 0.3) is 0 Å². The highest BCUT2D eigenvalue weighted by Gasteiger charge is 2.18. The average molecular weight is 345 g/mol. The van der Waals surface area contributed by atoms with Crippen molar-refractivity contribution in [3.05, 3.63) is 22.6 Å². The highest BCUT2D eigenvalue weighted by molar-refractivity contribution is 9.10. The zero-order valence-corrected chi connectivity index (χ0v) is 14.4. The molecule has 0 bridgehead atoms. The summed E-state index contributed by atoms with van der Waals surface area (Å²) in [5.74, 6) is 0.529. The lowest BCUT2D eigenvalue weighted by atomic mass is 10.0. The van der Waals surface area contributed by atoms with E-state index in [0.717, 1.165) is 19.5 Å². The van der Waals surface area contributed by atoms with Crippen LogP contribution in [0.15, 0.2) is 21.4 Å². The fourth-order valence-electron chi connectivity index (χ4n) is 2.39. The van der Waals surface area contributed by atoms with Gasteiger partial charge in [-0.05, 0) is 41.4 Å². The Morgan fingerprint density at radius 3 is 2.50 bits per heavy atom. The number of hydrogen-bond donors (Lipinski definition) is 1. The van der Waals surface area contributed by atoms with Gasteiger partial charge in [-0.3, -0.25) is 9.69 Å². The molecule has 1 aromatic rings. The number of furan rings is 1. The summed E-state index contributed by atoms with van der Waals surface area (Å²) in [6, 6.07) is 2.06. The third kappa shape index (κ3) is 5.29. The van der Waals surface area contributed by atoms with Crippen molar-refractivity contribution < 1.29 is 9.21 Å². The highest BCUT2D eigenvalue weighted by atomic mass is 79.9. The Bertz CT molecular complexity index is 414. The van der Waals surface area contributed by atoms with Crippen LogP contribution in [0.4, 0.5) is 0 Å². The second kappa shape index (κ2) is 8.47. The monoisotopic (exact) mass is 344 g/mol. The molecule has 1 atom stereocenters. The first kappa shape index (κ1) is 17.2. The minimum absolute atomic E-state index is 0.0830. The molecule has 0 aliphatic carbocycles. The second-order valence-electron chi connectivity index (χ2n) is 5.35. The van der Waals surface area contributed by atoms with E-state index >= 15 is 0 Å². The third-order valence-electron chi connectivity index (χ3n) is 3.40. The molecule has 1 rings (SSSR count). The Hall–Kier alpha value is -0.810. The fourth-order valence-corrected chi connectivity index (χ4v) is 2.73. The number of nitrogens with zero attached hydrogens (tertiary/aromatic N) is 1. The Morgan fingerprint density at radius 2 is 2.05 bits per heavy atom. The number of halogens is 1. The van der Waals surface area contributed by atoms with Gasteiger partial charge in [-0.15, -0.1) is 0 Å².